The molecule has 0 N–H and O–H groups in total. The van der Waals surface area contributed by atoms with Crippen molar-refractivity contribution >= 4 is 16.8 Å². The Bertz CT molecular complexity index is 257. The summed E-state index contributed by atoms with van der Waals surface area (Å²) >= 11 is 4.54. The molecule has 14 heavy (non-hydrogen) atoms. The number of alkyl halides is 6. The van der Waals surface area contributed by atoms with Gasteiger partial charge in [-0.15, -0.1) is 0 Å². The van der Waals surface area contributed by atoms with Crippen molar-refractivity contribution in [3.05, 3.63) is 11.1 Å². The minimum atomic E-state index is -5.65. The maximum absolute atomic E-state index is 11.8. The predicted octanol–water partition coefficient (Wildman–Crippen LogP) is 3.19. The van der Waals surface area contributed by atoms with Crippen molar-refractivity contribution in [2.75, 3.05) is 0 Å². The van der Waals surface area contributed by atoms with Crippen molar-refractivity contribution in [3.63, 3.8) is 0 Å². The van der Waals surface area contributed by atoms with E-state index in [1.165, 1.54) is 0 Å². The van der Waals surface area contributed by atoms with E-state index in [0.29, 0.717) is 6.92 Å². The maximum atomic E-state index is 11.8. The van der Waals surface area contributed by atoms with Gasteiger partial charge in [0.25, 0.3) is 0 Å². The molecular weight excluding hydrogens is 238 g/mol. The first-order valence-corrected chi connectivity index (χ1v) is 3.40. The van der Waals surface area contributed by atoms with Gasteiger partial charge in [-0.2, -0.15) is 26.3 Å². The summed E-state index contributed by atoms with van der Waals surface area (Å²) in [7, 11) is 0. The third-order valence-corrected chi connectivity index (χ3v) is 1.52. The highest BCUT2D eigenvalue weighted by Gasteiger charge is 2.52. The first kappa shape index (κ1) is 13.3. The molecule has 82 valence electrons. The number of hydrogen-bond donors (Lipinski definition) is 0. The Kier molecular flexibility index (Phi) is 3.60. The Morgan fingerprint density at radius 1 is 1.00 bits per heavy atom. The van der Waals surface area contributed by atoms with Gasteiger partial charge in [-0.3, -0.25) is 4.79 Å². The summed E-state index contributed by atoms with van der Waals surface area (Å²) in [6.45, 7) is 0.367. The average molecular weight is 241 g/mol. The smallest absolute Gasteiger partial charge is 0.276 e. The molecule has 8 heteroatoms. The Morgan fingerprint density at radius 3 is 1.36 bits per heavy atom. The second kappa shape index (κ2) is 3.80. The molecule has 0 saturated carbocycles. The number of allylic oxidation sites excluding steroid dienone is 2. The predicted molar refractivity (Wildman–Crippen MR) is 35.7 cm³/mol. The van der Waals surface area contributed by atoms with E-state index in [9.17, 15) is 31.1 Å². The lowest BCUT2D eigenvalue weighted by atomic mass is 10.1. The Labute approximate surface area is 79.3 Å². The van der Waals surface area contributed by atoms with Gasteiger partial charge in [-0.25, -0.2) is 0 Å². The monoisotopic (exact) mass is 240 g/mol. The molecule has 0 unspecified atom stereocenters. The van der Waals surface area contributed by atoms with Crippen LogP contribution in [0.5, 0.6) is 0 Å². The molecule has 0 heterocycles. The second-order valence-corrected chi connectivity index (χ2v) is 2.61. The van der Waals surface area contributed by atoms with Crippen molar-refractivity contribution in [1.29, 1.82) is 0 Å². The maximum Gasteiger partial charge on any atom is 0.421 e. The van der Waals surface area contributed by atoms with Crippen LogP contribution in [0.1, 0.15) is 6.92 Å². The zero-order valence-electron chi connectivity index (χ0n) is 6.55. The van der Waals surface area contributed by atoms with Gasteiger partial charge in [0.15, 0.2) is 0 Å². The summed E-state index contributed by atoms with van der Waals surface area (Å²) in [6.07, 6.45) is -11.3. The van der Waals surface area contributed by atoms with Crippen LogP contribution in [-0.2, 0) is 4.79 Å². The average Bonchev–Trinajstić information content (AvgIpc) is 1.79. The first-order valence-electron chi connectivity index (χ1n) is 3.03. The van der Waals surface area contributed by atoms with E-state index in [1.807, 2.05) is 0 Å². The topological polar surface area (TPSA) is 17.1 Å². The Hall–Kier alpha value is -0.720. The Morgan fingerprint density at radius 2 is 1.29 bits per heavy atom. The quantitative estimate of drug-likeness (QED) is 0.391. The second-order valence-electron chi connectivity index (χ2n) is 2.27. The minimum absolute atomic E-state index is 0.367. The zero-order chi connectivity index (χ0) is 11.7. The van der Waals surface area contributed by atoms with Gasteiger partial charge in [0.05, 0.1) is 0 Å². The molecule has 0 aromatic rings. The summed E-state index contributed by atoms with van der Waals surface area (Å²) in [5.74, 6) is 0. The van der Waals surface area contributed by atoms with Gasteiger partial charge in [-0.1, -0.05) is 0 Å². The molecule has 0 aliphatic rings. The molecule has 0 aromatic carbocycles. The zero-order valence-corrected chi connectivity index (χ0v) is 7.31. The fourth-order valence-corrected chi connectivity index (χ4v) is 0.779. The third-order valence-electron chi connectivity index (χ3n) is 1.24. The number of carbonyl (C=O) groups excluding carboxylic acids is 1. The van der Waals surface area contributed by atoms with E-state index in [-0.39, 0.29) is 0 Å². The lowest BCUT2D eigenvalue weighted by Gasteiger charge is -2.16. The highest BCUT2D eigenvalue weighted by molar-refractivity contribution is 6.67. The molecule has 0 saturated heterocycles. The van der Waals surface area contributed by atoms with Crippen LogP contribution in [0, 0.1) is 0 Å². The molecule has 0 aliphatic heterocycles. The Balaban J connectivity index is 5.57. The number of halogens is 7. The van der Waals surface area contributed by atoms with Crippen LogP contribution < -0.4 is 0 Å². The van der Waals surface area contributed by atoms with E-state index in [0.717, 1.165) is 0 Å². The molecule has 0 fully saturated rings. The molecule has 1 nitrogen and oxygen atoms in total. The van der Waals surface area contributed by atoms with E-state index >= 15 is 0 Å². The van der Waals surface area contributed by atoms with Crippen LogP contribution in [0.15, 0.2) is 11.1 Å². The molecule has 0 radical (unpaired) electrons. The number of rotatable bonds is 1. The molecular formula is C6H3ClF6O. The lowest BCUT2D eigenvalue weighted by Crippen LogP contribution is -2.28. The highest BCUT2D eigenvalue weighted by atomic mass is 35.5. The van der Waals surface area contributed by atoms with E-state index in [2.05, 4.69) is 11.6 Å². The standard InChI is InChI=1S/C6H3ClF6O/c1-2(4(7)14)3(5(8,9)10)6(11,12)13/h1H3. The van der Waals surface area contributed by atoms with Crippen LogP contribution in [0.2, 0.25) is 0 Å². The van der Waals surface area contributed by atoms with Crippen LogP contribution in [0.3, 0.4) is 0 Å². The molecule has 0 bridgehead atoms. The van der Waals surface area contributed by atoms with Crippen LogP contribution in [0.4, 0.5) is 26.3 Å². The summed E-state index contributed by atoms with van der Waals surface area (Å²) < 4.78 is 71.0. The molecule has 0 aliphatic carbocycles. The van der Waals surface area contributed by atoms with Crippen LogP contribution in [-0.4, -0.2) is 17.6 Å². The van der Waals surface area contributed by atoms with Gasteiger partial charge < -0.3 is 0 Å². The van der Waals surface area contributed by atoms with Crippen molar-refractivity contribution in [1.82, 2.24) is 0 Å². The van der Waals surface area contributed by atoms with Gasteiger partial charge in [-0.05, 0) is 18.5 Å². The summed E-state index contributed by atoms with van der Waals surface area (Å²) in [5, 5.41) is -1.78. The van der Waals surface area contributed by atoms with E-state index in [4.69, 9.17) is 0 Å². The van der Waals surface area contributed by atoms with Crippen molar-refractivity contribution in [2.24, 2.45) is 0 Å². The fraction of sp³-hybridized carbons (Fsp3) is 0.500. The summed E-state index contributed by atoms with van der Waals surface area (Å²) in [4.78, 5) is 10.2. The largest absolute Gasteiger partial charge is 0.421 e. The summed E-state index contributed by atoms with van der Waals surface area (Å²) in [6, 6.07) is 0. The van der Waals surface area contributed by atoms with Crippen molar-refractivity contribution < 1.29 is 31.1 Å². The van der Waals surface area contributed by atoms with E-state index in [1.54, 1.807) is 0 Å². The van der Waals surface area contributed by atoms with Gasteiger partial charge in [0.2, 0.25) is 5.24 Å². The summed E-state index contributed by atoms with van der Waals surface area (Å²) in [5.41, 5.74) is -4.43. The van der Waals surface area contributed by atoms with E-state index < -0.39 is 28.7 Å². The van der Waals surface area contributed by atoms with Gasteiger partial charge in [0, 0.05) is 5.57 Å². The lowest BCUT2D eigenvalue weighted by molar-refractivity contribution is -0.173. The van der Waals surface area contributed by atoms with Crippen LogP contribution in [0.25, 0.3) is 0 Å². The molecule has 0 rings (SSSR count). The number of hydrogen-bond acceptors (Lipinski definition) is 1. The van der Waals surface area contributed by atoms with Gasteiger partial charge >= 0.3 is 12.4 Å². The van der Waals surface area contributed by atoms with Gasteiger partial charge in [0.1, 0.15) is 5.57 Å². The highest BCUT2D eigenvalue weighted by Crippen LogP contribution is 2.40. The molecule has 0 amide bonds. The normalized spacial score (nSPS) is 12.6. The molecule has 0 atom stereocenters. The molecule has 0 spiro atoms. The van der Waals surface area contributed by atoms with Crippen molar-refractivity contribution in [2.45, 2.75) is 19.3 Å². The van der Waals surface area contributed by atoms with Crippen molar-refractivity contribution in [3.8, 4) is 0 Å². The minimum Gasteiger partial charge on any atom is -0.276 e. The first-order chi connectivity index (χ1) is 5.98. The third kappa shape index (κ3) is 3.21. The molecule has 0 aromatic heterocycles. The SMILES string of the molecule is CC(C(=O)Cl)=C(C(F)(F)F)C(F)(F)F. The number of carbonyl (C=O) groups is 1. The van der Waals surface area contributed by atoms with Crippen LogP contribution >= 0.6 is 11.6 Å². The fourth-order valence-electron chi connectivity index (χ4n) is 0.684.